The molecule has 0 spiro atoms. The molecular formula is C54H103NO11S. The molecule has 1 saturated heterocycles. The second-order valence-electron chi connectivity index (χ2n) is 19.5. The molecule has 0 radical (unpaired) electrons. The highest BCUT2D eigenvalue weighted by Gasteiger charge is 2.48. The van der Waals surface area contributed by atoms with Crippen molar-refractivity contribution >= 4 is 16.3 Å². The van der Waals surface area contributed by atoms with E-state index in [1.54, 1.807) is 6.08 Å². The first-order chi connectivity index (χ1) is 32.5. The minimum Gasteiger partial charge on any atom is -0.394 e. The molecule has 12 nitrogen and oxygen atoms in total. The van der Waals surface area contributed by atoms with Crippen molar-refractivity contribution in [2.75, 3.05) is 13.2 Å². The molecule has 7 atom stereocenters. The number of aliphatic hydroxyl groups excluding tert-OH is 4. The van der Waals surface area contributed by atoms with Crippen LogP contribution in [0.1, 0.15) is 258 Å². The quantitative estimate of drug-likeness (QED) is 0.0193. The highest BCUT2D eigenvalue weighted by atomic mass is 32.3. The van der Waals surface area contributed by atoms with E-state index in [0.717, 1.165) is 44.9 Å². The first-order valence-corrected chi connectivity index (χ1v) is 29.1. The zero-order valence-corrected chi connectivity index (χ0v) is 43.5. The molecule has 0 saturated carbocycles. The normalized spacial score (nSPS) is 20.0. The molecule has 0 aliphatic carbocycles. The van der Waals surface area contributed by atoms with Gasteiger partial charge in [-0.2, -0.15) is 8.42 Å². The van der Waals surface area contributed by atoms with E-state index in [9.17, 15) is 38.2 Å². The minimum atomic E-state index is -5.09. The number of rotatable bonds is 48. The largest absolute Gasteiger partial charge is 0.397 e. The second-order valence-corrected chi connectivity index (χ2v) is 20.6. The molecule has 396 valence electrons. The maximum absolute atomic E-state index is 13.1. The fraction of sp³-hybridized carbons (Fsp3) is 0.907. The van der Waals surface area contributed by atoms with E-state index in [2.05, 4.69) is 35.5 Å². The van der Waals surface area contributed by atoms with Crippen LogP contribution in [-0.4, -0.2) is 95.4 Å². The molecule has 1 heterocycles. The maximum Gasteiger partial charge on any atom is 0.397 e. The summed E-state index contributed by atoms with van der Waals surface area (Å²) < 4.78 is 47.8. The van der Waals surface area contributed by atoms with Crippen LogP contribution in [0, 0.1) is 0 Å². The van der Waals surface area contributed by atoms with Crippen LogP contribution in [0.2, 0.25) is 0 Å². The van der Waals surface area contributed by atoms with Crippen LogP contribution in [0.4, 0.5) is 0 Å². The van der Waals surface area contributed by atoms with Gasteiger partial charge in [0.25, 0.3) is 0 Å². The van der Waals surface area contributed by atoms with Crippen molar-refractivity contribution in [3.05, 3.63) is 24.3 Å². The minimum absolute atomic E-state index is 0.264. The summed E-state index contributed by atoms with van der Waals surface area (Å²) in [5.74, 6) is -0.264. The van der Waals surface area contributed by atoms with Crippen molar-refractivity contribution < 1.29 is 51.8 Å². The molecular weight excluding hydrogens is 871 g/mol. The summed E-state index contributed by atoms with van der Waals surface area (Å²) in [5, 5.41) is 44.9. The Labute approximate surface area is 410 Å². The van der Waals surface area contributed by atoms with Crippen molar-refractivity contribution in [2.24, 2.45) is 0 Å². The molecule has 6 N–H and O–H groups in total. The molecule has 0 aromatic heterocycles. The lowest BCUT2D eigenvalue weighted by molar-refractivity contribution is -0.298. The van der Waals surface area contributed by atoms with Crippen LogP contribution in [0.5, 0.6) is 0 Å². The first kappa shape index (κ1) is 63.6. The number of carbonyl (C=O) groups is 1. The summed E-state index contributed by atoms with van der Waals surface area (Å²) in [6, 6.07) is -0.945. The van der Waals surface area contributed by atoms with Crippen LogP contribution in [0.15, 0.2) is 24.3 Å². The van der Waals surface area contributed by atoms with Gasteiger partial charge in [0.15, 0.2) is 6.29 Å². The molecule has 1 fully saturated rings. The Morgan fingerprint density at radius 3 is 1.34 bits per heavy atom. The van der Waals surface area contributed by atoms with Crippen LogP contribution in [-0.2, 0) is 28.9 Å². The summed E-state index contributed by atoms with van der Waals surface area (Å²) in [6.07, 6.45) is 45.0. The van der Waals surface area contributed by atoms with Gasteiger partial charge in [-0.15, -0.1) is 0 Å². The lowest BCUT2D eigenvalue weighted by Crippen LogP contribution is -2.61. The van der Waals surface area contributed by atoms with Crippen LogP contribution >= 0.6 is 0 Å². The average Bonchev–Trinajstić information content (AvgIpc) is 3.30. The van der Waals surface area contributed by atoms with Gasteiger partial charge in [-0.1, -0.05) is 231 Å². The van der Waals surface area contributed by atoms with E-state index in [1.807, 2.05) is 6.08 Å². The lowest BCUT2D eigenvalue weighted by atomic mass is 9.99. The fourth-order valence-electron chi connectivity index (χ4n) is 8.92. The van der Waals surface area contributed by atoms with Crippen molar-refractivity contribution in [2.45, 2.75) is 301 Å². The third-order valence-electron chi connectivity index (χ3n) is 13.2. The summed E-state index contributed by atoms with van der Waals surface area (Å²) in [7, 11) is -5.09. The van der Waals surface area contributed by atoms with Gasteiger partial charge >= 0.3 is 10.4 Å². The number of amides is 1. The van der Waals surface area contributed by atoms with Gasteiger partial charge in [0.2, 0.25) is 5.91 Å². The SMILES string of the molecule is CCCCCCCCCCC/C=C\CCCCCCCCCC(=O)NC(COC1OC(CO)C(O)C(OS(=O)(=O)O)C1O)C(O)/C=C/CCCCCCCCCCCCCCCCCCCC. The molecule has 13 heteroatoms. The zero-order chi connectivity index (χ0) is 49.1. The van der Waals surface area contributed by atoms with Gasteiger partial charge in [0.05, 0.1) is 25.4 Å². The van der Waals surface area contributed by atoms with Crippen molar-refractivity contribution in [3.8, 4) is 0 Å². The van der Waals surface area contributed by atoms with Crippen molar-refractivity contribution in [1.29, 1.82) is 0 Å². The second kappa shape index (κ2) is 44.5. The summed E-state index contributed by atoms with van der Waals surface area (Å²) >= 11 is 0. The molecule has 0 aromatic carbocycles. The van der Waals surface area contributed by atoms with E-state index in [-0.39, 0.29) is 18.9 Å². The molecule has 0 aromatic rings. The van der Waals surface area contributed by atoms with Crippen LogP contribution in [0.25, 0.3) is 0 Å². The predicted molar refractivity (Wildman–Crippen MR) is 273 cm³/mol. The van der Waals surface area contributed by atoms with Crippen molar-refractivity contribution in [3.63, 3.8) is 0 Å². The number of ether oxygens (including phenoxy) is 2. The van der Waals surface area contributed by atoms with E-state index in [4.69, 9.17) is 9.47 Å². The standard InChI is InChI=1S/C54H103NO11S/c1-3-5-7-9-11-13-15-17-19-21-23-25-27-29-31-33-35-37-39-41-43-48(57)47(46-64-54-52(60)53(66-67(61,62)63)51(59)49(45-56)65-54)55-50(58)44-42-40-38-36-34-32-30-28-26-24-22-20-18-16-14-12-10-8-6-4-2/h24,26,41,43,47-49,51-54,56-57,59-60H,3-23,25,27-40,42,44-46H2,1-2H3,(H,55,58)(H,61,62,63)/b26-24-,43-41+. The van der Waals surface area contributed by atoms with Gasteiger partial charge in [-0.25, -0.2) is 4.18 Å². The number of unbranched alkanes of at least 4 members (excludes halogenated alkanes) is 34. The Hall–Kier alpha value is -1.42. The lowest BCUT2D eigenvalue weighted by Gasteiger charge is -2.41. The monoisotopic (exact) mass is 974 g/mol. The number of aliphatic hydroxyl groups is 4. The molecule has 7 unspecified atom stereocenters. The number of hydrogen-bond donors (Lipinski definition) is 6. The Bertz CT molecular complexity index is 1280. The van der Waals surface area contributed by atoms with Crippen LogP contribution < -0.4 is 5.32 Å². The predicted octanol–water partition coefficient (Wildman–Crippen LogP) is 12.5. The Kier molecular flexibility index (Phi) is 42.3. The third kappa shape index (κ3) is 37.1. The molecule has 0 bridgehead atoms. The van der Waals surface area contributed by atoms with Gasteiger partial charge in [-0.05, 0) is 44.9 Å². The molecule has 67 heavy (non-hydrogen) atoms. The van der Waals surface area contributed by atoms with Gasteiger partial charge < -0.3 is 35.2 Å². The molecule has 1 amide bonds. The molecule has 1 rings (SSSR count). The Morgan fingerprint density at radius 2 is 0.955 bits per heavy atom. The van der Waals surface area contributed by atoms with Crippen LogP contribution in [0.3, 0.4) is 0 Å². The zero-order valence-electron chi connectivity index (χ0n) is 42.7. The Balaban J connectivity index is 2.42. The number of hydrogen-bond acceptors (Lipinski definition) is 10. The summed E-state index contributed by atoms with van der Waals surface area (Å²) in [5.41, 5.74) is 0. The summed E-state index contributed by atoms with van der Waals surface area (Å²) in [6.45, 7) is 3.42. The number of nitrogens with one attached hydrogen (secondary N) is 1. The molecule has 1 aliphatic heterocycles. The maximum atomic E-state index is 13.1. The smallest absolute Gasteiger partial charge is 0.394 e. The number of carbonyl (C=O) groups excluding carboxylic acids is 1. The third-order valence-corrected chi connectivity index (χ3v) is 13.7. The van der Waals surface area contributed by atoms with Gasteiger partial charge in [0.1, 0.15) is 24.4 Å². The number of allylic oxidation sites excluding steroid dienone is 3. The summed E-state index contributed by atoms with van der Waals surface area (Å²) in [4.78, 5) is 13.1. The van der Waals surface area contributed by atoms with Gasteiger partial charge in [0, 0.05) is 6.42 Å². The highest BCUT2D eigenvalue weighted by molar-refractivity contribution is 7.80. The van der Waals surface area contributed by atoms with E-state index in [1.165, 1.54) is 186 Å². The van der Waals surface area contributed by atoms with Crippen molar-refractivity contribution in [1.82, 2.24) is 5.32 Å². The average molecular weight is 974 g/mol. The molecule has 1 aliphatic rings. The van der Waals surface area contributed by atoms with Gasteiger partial charge in [-0.3, -0.25) is 9.35 Å². The highest BCUT2D eigenvalue weighted by Crippen LogP contribution is 2.26. The van der Waals surface area contributed by atoms with E-state index in [0.29, 0.717) is 6.42 Å². The Morgan fingerprint density at radius 1 is 0.582 bits per heavy atom. The first-order valence-electron chi connectivity index (χ1n) is 27.7. The van der Waals surface area contributed by atoms with E-state index < -0.39 is 59.9 Å². The topological polar surface area (TPSA) is 192 Å². The fourth-order valence-corrected chi connectivity index (χ4v) is 9.43. The van der Waals surface area contributed by atoms with E-state index >= 15 is 0 Å².